The van der Waals surface area contributed by atoms with E-state index in [9.17, 15) is 9.90 Å². The predicted molar refractivity (Wildman–Crippen MR) is 70.5 cm³/mol. The van der Waals surface area contributed by atoms with Crippen LogP contribution >= 0.6 is 0 Å². The molecule has 1 aromatic rings. The number of anilines is 1. The molecule has 0 fully saturated rings. The summed E-state index contributed by atoms with van der Waals surface area (Å²) in [6.45, 7) is 6.89. The van der Waals surface area contributed by atoms with Crippen molar-refractivity contribution in [1.29, 1.82) is 5.41 Å². The maximum atomic E-state index is 11.6. The zero-order valence-electron chi connectivity index (χ0n) is 11.0. The Labute approximate surface area is 106 Å². The fourth-order valence-corrected chi connectivity index (χ4v) is 1.37. The van der Waals surface area contributed by atoms with Crippen molar-refractivity contribution in [2.75, 3.05) is 5.32 Å². The van der Waals surface area contributed by atoms with Crippen LogP contribution in [0.2, 0.25) is 0 Å². The zero-order valence-corrected chi connectivity index (χ0v) is 11.0. The molecule has 0 aliphatic heterocycles. The van der Waals surface area contributed by atoms with E-state index < -0.39 is 11.7 Å². The van der Waals surface area contributed by atoms with Crippen molar-refractivity contribution >= 4 is 17.5 Å². The molecule has 1 aromatic carbocycles. The minimum atomic E-state index is -0.587. The van der Waals surface area contributed by atoms with Crippen molar-refractivity contribution in [1.82, 2.24) is 0 Å². The van der Waals surface area contributed by atoms with Gasteiger partial charge in [0.25, 0.3) is 0 Å². The molecule has 0 radical (unpaired) electrons. The van der Waals surface area contributed by atoms with E-state index in [0.29, 0.717) is 11.3 Å². The molecule has 5 nitrogen and oxygen atoms in total. The van der Waals surface area contributed by atoms with Gasteiger partial charge in [0, 0.05) is 11.3 Å². The molecule has 0 saturated carbocycles. The number of carbonyl (C=O) groups is 1. The van der Waals surface area contributed by atoms with Crippen molar-refractivity contribution < 1.29 is 14.6 Å². The van der Waals surface area contributed by atoms with Crippen LogP contribution in [0.1, 0.15) is 33.3 Å². The Morgan fingerprint density at radius 1 is 1.39 bits per heavy atom. The first-order valence-electron chi connectivity index (χ1n) is 5.57. The van der Waals surface area contributed by atoms with E-state index in [1.165, 1.54) is 18.2 Å². The molecule has 1 rings (SSSR count). The second kappa shape index (κ2) is 5.08. The number of hydrogen-bond acceptors (Lipinski definition) is 4. The van der Waals surface area contributed by atoms with Crippen molar-refractivity contribution in [3.63, 3.8) is 0 Å². The summed E-state index contributed by atoms with van der Waals surface area (Å²) in [5, 5.41) is 19.5. The lowest BCUT2D eigenvalue weighted by Gasteiger charge is -2.20. The quantitative estimate of drug-likeness (QED) is 0.557. The van der Waals surface area contributed by atoms with Crippen LogP contribution in [0.25, 0.3) is 0 Å². The number of hydrogen-bond donors (Lipinski definition) is 3. The number of ether oxygens (including phenoxy) is 1. The van der Waals surface area contributed by atoms with E-state index >= 15 is 0 Å². The van der Waals surface area contributed by atoms with E-state index in [4.69, 9.17) is 10.1 Å². The molecule has 0 spiro atoms. The molecule has 98 valence electrons. The highest BCUT2D eigenvalue weighted by molar-refractivity contribution is 6.04. The smallest absolute Gasteiger partial charge is 0.412 e. The normalized spacial score (nSPS) is 10.9. The second-order valence-corrected chi connectivity index (χ2v) is 4.98. The van der Waals surface area contributed by atoms with E-state index in [1.54, 1.807) is 27.7 Å². The van der Waals surface area contributed by atoms with Crippen molar-refractivity contribution in [2.24, 2.45) is 0 Å². The molecule has 0 saturated heterocycles. The minimum Gasteiger partial charge on any atom is -0.508 e. The van der Waals surface area contributed by atoms with Crippen LogP contribution in [0.4, 0.5) is 10.5 Å². The van der Waals surface area contributed by atoms with Gasteiger partial charge >= 0.3 is 6.09 Å². The molecule has 1 amide bonds. The number of phenols is 1. The largest absolute Gasteiger partial charge is 0.508 e. The molecule has 0 aromatic heterocycles. The molecular weight excluding hydrogens is 232 g/mol. The SMILES string of the molecule is CC(=N)c1cc(O)ccc1NC(=O)OC(C)(C)C. The minimum absolute atomic E-state index is 0.0475. The number of nitrogens with one attached hydrogen (secondary N) is 2. The van der Waals surface area contributed by atoms with E-state index in [1.807, 2.05) is 0 Å². The Hall–Kier alpha value is -2.04. The monoisotopic (exact) mass is 250 g/mol. The lowest BCUT2D eigenvalue weighted by molar-refractivity contribution is 0.0636. The van der Waals surface area contributed by atoms with Crippen molar-refractivity contribution in [3.8, 4) is 5.75 Å². The Balaban J connectivity index is 2.91. The van der Waals surface area contributed by atoms with Crippen LogP contribution in [0, 0.1) is 5.41 Å². The van der Waals surface area contributed by atoms with Gasteiger partial charge in [-0.05, 0) is 45.9 Å². The van der Waals surface area contributed by atoms with Gasteiger partial charge in [-0.15, -0.1) is 0 Å². The molecule has 0 heterocycles. The van der Waals surface area contributed by atoms with E-state index in [0.717, 1.165) is 0 Å². The second-order valence-electron chi connectivity index (χ2n) is 4.98. The van der Waals surface area contributed by atoms with E-state index in [2.05, 4.69) is 5.32 Å². The van der Waals surface area contributed by atoms with E-state index in [-0.39, 0.29) is 11.5 Å². The molecule has 18 heavy (non-hydrogen) atoms. The highest BCUT2D eigenvalue weighted by atomic mass is 16.6. The third-order valence-corrected chi connectivity index (χ3v) is 2.04. The Kier molecular flexibility index (Phi) is 3.96. The highest BCUT2D eigenvalue weighted by Crippen LogP contribution is 2.22. The van der Waals surface area contributed by atoms with Crippen LogP contribution in [0.15, 0.2) is 18.2 Å². The zero-order chi connectivity index (χ0) is 13.9. The molecule has 0 bridgehead atoms. The Morgan fingerprint density at radius 2 is 2.00 bits per heavy atom. The summed E-state index contributed by atoms with van der Waals surface area (Å²) >= 11 is 0. The number of aromatic hydroxyl groups is 1. The van der Waals surface area contributed by atoms with Gasteiger partial charge in [0.2, 0.25) is 0 Å². The summed E-state index contributed by atoms with van der Waals surface area (Å²) in [5.41, 5.74) is 0.563. The number of phenolic OH excluding ortho intramolecular Hbond substituents is 1. The van der Waals surface area contributed by atoms with Gasteiger partial charge < -0.3 is 15.3 Å². The fraction of sp³-hybridized carbons (Fsp3) is 0.385. The topological polar surface area (TPSA) is 82.4 Å². The van der Waals surface area contributed by atoms with Gasteiger partial charge in [0.15, 0.2) is 0 Å². The molecule has 0 unspecified atom stereocenters. The highest BCUT2D eigenvalue weighted by Gasteiger charge is 2.17. The molecule has 0 atom stereocenters. The summed E-state index contributed by atoms with van der Waals surface area (Å²) in [6, 6.07) is 4.40. The first-order chi connectivity index (χ1) is 8.19. The van der Waals surface area contributed by atoms with Crippen molar-refractivity contribution in [3.05, 3.63) is 23.8 Å². The molecular formula is C13H18N2O3. The van der Waals surface area contributed by atoms with Crippen LogP contribution < -0.4 is 5.32 Å². The third kappa shape index (κ3) is 4.08. The summed E-state index contributed by atoms with van der Waals surface area (Å²) < 4.78 is 5.12. The maximum Gasteiger partial charge on any atom is 0.412 e. The Bertz CT molecular complexity index is 476. The Morgan fingerprint density at radius 3 is 2.50 bits per heavy atom. The van der Waals surface area contributed by atoms with Crippen molar-refractivity contribution in [2.45, 2.75) is 33.3 Å². The average molecular weight is 250 g/mol. The third-order valence-electron chi connectivity index (χ3n) is 2.04. The van der Waals surface area contributed by atoms with Crippen LogP contribution in [0.5, 0.6) is 5.75 Å². The average Bonchev–Trinajstić information content (AvgIpc) is 2.17. The summed E-state index contributed by atoms with van der Waals surface area (Å²) in [7, 11) is 0. The van der Waals surface area contributed by atoms with Gasteiger partial charge in [0.05, 0.1) is 5.69 Å². The van der Waals surface area contributed by atoms with Crippen LogP contribution in [0.3, 0.4) is 0 Å². The number of benzene rings is 1. The predicted octanol–water partition coefficient (Wildman–Crippen LogP) is 3.13. The first-order valence-corrected chi connectivity index (χ1v) is 5.57. The molecule has 0 aliphatic carbocycles. The van der Waals surface area contributed by atoms with Gasteiger partial charge in [-0.3, -0.25) is 5.32 Å². The molecule has 3 N–H and O–H groups in total. The van der Waals surface area contributed by atoms with Gasteiger partial charge in [0.1, 0.15) is 11.4 Å². The van der Waals surface area contributed by atoms with Gasteiger partial charge in [-0.2, -0.15) is 0 Å². The number of rotatable bonds is 2. The lowest BCUT2D eigenvalue weighted by atomic mass is 10.1. The maximum absolute atomic E-state index is 11.6. The number of carbonyl (C=O) groups excluding carboxylic acids is 1. The lowest BCUT2D eigenvalue weighted by Crippen LogP contribution is -2.27. The van der Waals surface area contributed by atoms with Gasteiger partial charge in [-0.1, -0.05) is 0 Å². The molecule has 0 aliphatic rings. The van der Waals surface area contributed by atoms with Gasteiger partial charge in [-0.25, -0.2) is 4.79 Å². The standard InChI is InChI=1S/C13H18N2O3/c1-8(14)10-7-9(16)5-6-11(10)15-12(17)18-13(2,3)4/h5-7,14,16H,1-4H3,(H,15,17). The first kappa shape index (κ1) is 14.0. The number of amides is 1. The van der Waals surface area contributed by atoms with Crippen LogP contribution in [-0.2, 0) is 4.74 Å². The molecule has 5 heteroatoms. The summed E-state index contributed by atoms with van der Waals surface area (Å²) in [5.74, 6) is 0.0475. The van der Waals surface area contributed by atoms with Crippen LogP contribution in [-0.4, -0.2) is 22.5 Å². The fourth-order valence-electron chi connectivity index (χ4n) is 1.37. The summed E-state index contributed by atoms with van der Waals surface area (Å²) in [4.78, 5) is 11.6. The summed E-state index contributed by atoms with van der Waals surface area (Å²) in [6.07, 6.45) is -0.587.